The molecule has 0 saturated carbocycles. The Kier molecular flexibility index (Phi) is 3.66. The molecule has 2 aromatic carbocycles. The third-order valence-electron chi connectivity index (χ3n) is 3.22. The quantitative estimate of drug-likeness (QED) is 0.843. The normalized spacial score (nSPS) is 14.9. The van der Waals surface area contributed by atoms with Gasteiger partial charge in [0.1, 0.15) is 5.60 Å². The molecule has 0 spiro atoms. The number of ether oxygens (including phenoxy) is 2. The van der Waals surface area contributed by atoms with Crippen LogP contribution in [-0.4, -0.2) is 25.6 Å². The van der Waals surface area contributed by atoms with Gasteiger partial charge in [-0.1, -0.05) is 42.5 Å². The maximum atomic E-state index is 10.7. The molecule has 3 nitrogen and oxygen atoms in total. The van der Waals surface area contributed by atoms with E-state index in [2.05, 4.69) is 0 Å². The first-order valence-electron chi connectivity index (χ1n) is 5.87. The number of hydrogen-bond acceptors (Lipinski definition) is 3. The maximum Gasteiger partial charge on any atom is 0.189 e. The van der Waals surface area contributed by atoms with E-state index in [-0.39, 0.29) is 0 Å². The first kappa shape index (κ1) is 13.0. The molecule has 0 aromatic heterocycles. The van der Waals surface area contributed by atoms with Crippen LogP contribution in [0.1, 0.15) is 12.5 Å². The van der Waals surface area contributed by atoms with E-state index < -0.39 is 11.9 Å². The Morgan fingerprint density at radius 1 is 1.00 bits per heavy atom. The smallest absolute Gasteiger partial charge is 0.189 e. The molecule has 2 rings (SSSR count). The fraction of sp³-hybridized carbons (Fsp3) is 0.333. The van der Waals surface area contributed by atoms with Crippen LogP contribution >= 0.6 is 0 Å². The van der Waals surface area contributed by atoms with Crippen molar-refractivity contribution in [3.8, 4) is 0 Å². The second kappa shape index (κ2) is 5.06. The van der Waals surface area contributed by atoms with Crippen molar-refractivity contribution in [3.05, 3.63) is 48.0 Å². The predicted octanol–water partition coefficient (Wildman–Crippen LogP) is 2.67. The Labute approximate surface area is 107 Å². The van der Waals surface area contributed by atoms with E-state index >= 15 is 0 Å². The Morgan fingerprint density at radius 2 is 1.61 bits per heavy atom. The molecule has 0 heterocycles. The number of aliphatic hydroxyl groups is 1. The van der Waals surface area contributed by atoms with Crippen LogP contribution in [0.15, 0.2) is 42.5 Å². The summed E-state index contributed by atoms with van der Waals surface area (Å²) in [5, 5.41) is 12.8. The van der Waals surface area contributed by atoms with Gasteiger partial charge in [0.05, 0.1) is 0 Å². The lowest BCUT2D eigenvalue weighted by atomic mass is 9.90. The highest BCUT2D eigenvalue weighted by Gasteiger charge is 2.35. The molecule has 18 heavy (non-hydrogen) atoms. The van der Waals surface area contributed by atoms with Gasteiger partial charge in [-0.2, -0.15) is 0 Å². The summed E-state index contributed by atoms with van der Waals surface area (Å²) in [6.07, 6.45) is -0.705. The monoisotopic (exact) mass is 246 g/mol. The summed E-state index contributed by atoms with van der Waals surface area (Å²) in [4.78, 5) is 0. The van der Waals surface area contributed by atoms with Crippen LogP contribution in [0.3, 0.4) is 0 Å². The molecule has 0 radical (unpaired) electrons. The molecule has 0 saturated heterocycles. The fourth-order valence-electron chi connectivity index (χ4n) is 2.35. The van der Waals surface area contributed by atoms with Gasteiger partial charge < -0.3 is 14.6 Å². The molecule has 1 N–H and O–H groups in total. The van der Waals surface area contributed by atoms with E-state index in [1.54, 1.807) is 6.92 Å². The second-order valence-electron chi connectivity index (χ2n) is 4.48. The third-order valence-corrected chi connectivity index (χ3v) is 3.22. The van der Waals surface area contributed by atoms with Crippen molar-refractivity contribution in [2.45, 2.75) is 18.8 Å². The summed E-state index contributed by atoms with van der Waals surface area (Å²) in [6, 6.07) is 13.8. The van der Waals surface area contributed by atoms with E-state index in [1.165, 1.54) is 14.2 Å². The second-order valence-corrected chi connectivity index (χ2v) is 4.48. The van der Waals surface area contributed by atoms with Crippen LogP contribution < -0.4 is 0 Å². The van der Waals surface area contributed by atoms with Gasteiger partial charge in [-0.05, 0) is 23.3 Å². The molecular formula is C15H18O3. The standard InChI is InChI=1S/C15H18O3/c1-15(16,14(17-2)18-3)13-10-6-8-11-7-4-5-9-12(11)13/h4-10,14,16H,1-3H3. The summed E-state index contributed by atoms with van der Waals surface area (Å²) in [7, 11) is 3.04. The van der Waals surface area contributed by atoms with Crippen LogP contribution in [-0.2, 0) is 15.1 Å². The fourth-order valence-corrected chi connectivity index (χ4v) is 2.35. The number of methoxy groups -OCH3 is 2. The average Bonchev–Trinajstić information content (AvgIpc) is 2.39. The molecule has 2 aromatic rings. The van der Waals surface area contributed by atoms with Crippen molar-refractivity contribution < 1.29 is 14.6 Å². The molecule has 96 valence electrons. The SMILES string of the molecule is COC(OC)C(C)(O)c1cccc2ccccc12. The van der Waals surface area contributed by atoms with Gasteiger partial charge in [-0.25, -0.2) is 0 Å². The summed E-state index contributed by atoms with van der Waals surface area (Å²) >= 11 is 0. The third kappa shape index (κ3) is 2.12. The van der Waals surface area contributed by atoms with Crippen molar-refractivity contribution in [3.63, 3.8) is 0 Å². The van der Waals surface area contributed by atoms with Gasteiger partial charge in [-0.15, -0.1) is 0 Å². The van der Waals surface area contributed by atoms with Crippen LogP contribution in [0.25, 0.3) is 10.8 Å². The Morgan fingerprint density at radius 3 is 2.28 bits per heavy atom. The lowest BCUT2D eigenvalue weighted by molar-refractivity contribution is -0.212. The number of hydrogen-bond donors (Lipinski definition) is 1. The van der Waals surface area contributed by atoms with Gasteiger partial charge in [0.25, 0.3) is 0 Å². The summed E-state index contributed by atoms with van der Waals surface area (Å²) in [6.45, 7) is 1.70. The molecule has 0 aliphatic heterocycles. The zero-order chi connectivity index (χ0) is 13.2. The highest BCUT2D eigenvalue weighted by atomic mass is 16.7. The minimum atomic E-state index is -1.20. The van der Waals surface area contributed by atoms with Gasteiger partial charge in [0.2, 0.25) is 0 Å². The number of rotatable bonds is 4. The molecule has 1 unspecified atom stereocenters. The summed E-state index contributed by atoms with van der Waals surface area (Å²) in [5.74, 6) is 0. The Bertz CT molecular complexity index is 525. The van der Waals surface area contributed by atoms with Gasteiger partial charge in [-0.3, -0.25) is 0 Å². The van der Waals surface area contributed by atoms with Gasteiger partial charge >= 0.3 is 0 Å². The molecule has 0 bridgehead atoms. The van der Waals surface area contributed by atoms with E-state index in [4.69, 9.17) is 9.47 Å². The number of benzene rings is 2. The molecule has 1 atom stereocenters. The summed E-state index contributed by atoms with van der Waals surface area (Å²) in [5.41, 5.74) is -0.404. The van der Waals surface area contributed by atoms with Crippen LogP contribution in [0.2, 0.25) is 0 Å². The van der Waals surface area contributed by atoms with E-state index in [0.29, 0.717) is 0 Å². The van der Waals surface area contributed by atoms with Crippen molar-refractivity contribution in [1.29, 1.82) is 0 Å². The first-order valence-corrected chi connectivity index (χ1v) is 5.87. The van der Waals surface area contributed by atoms with E-state index in [0.717, 1.165) is 16.3 Å². The van der Waals surface area contributed by atoms with Crippen molar-refractivity contribution in [2.24, 2.45) is 0 Å². The van der Waals surface area contributed by atoms with Crippen molar-refractivity contribution in [1.82, 2.24) is 0 Å². The van der Waals surface area contributed by atoms with Crippen molar-refractivity contribution in [2.75, 3.05) is 14.2 Å². The van der Waals surface area contributed by atoms with Gasteiger partial charge in [0, 0.05) is 14.2 Å². The molecule has 0 aliphatic carbocycles. The van der Waals surface area contributed by atoms with Gasteiger partial charge in [0.15, 0.2) is 6.29 Å². The molecule has 3 heteroatoms. The van der Waals surface area contributed by atoms with E-state index in [1.807, 2.05) is 42.5 Å². The zero-order valence-corrected chi connectivity index (χ0v) is 10.9. The molecule has 0 fully saturated rings. The minimum absolute atomic E-state index is 0.705. The van der Waals surface area contributed by atoms with E-state index in [9.17, 15) is 5.11 Å². The molecule has 0 aliphatic rings. The van der Waals surface area contributed by atoms with Crippen molar-refractivity contribution >= 4 is 10.8 Å². The predicted molar refractivity (Wildman–Crippen MR) is 71.3 cm³/mol. The minimum Gasteiger partial charge on any atom is -0.380 e. The maximum absolute atomic E-state index is 10.7. The van der Waals surface area contributed by atoms with Crippen LogP contribution in [0.4, 0.5) is 0 Å². The lowest BCUT2D eigenvalue weighted by Crippen LogP contribution is -2.39. The topological polar surface area (TPSA) is 38.7 Å². The Balaban J connectivity index is 2.59. The largest absolute Gasteiger partial charge is 0.380 e. The lowest BCUT2D eigenvalue weighted by Gasteiger charge is -2.31. The highest BCUT2D eigenvalue weighted by molar-refractivity contribution is 5.86. The first-order chi connectivity index (χ1) is 8.61. The molecular weight excluding hydrogens is 228 g/mol. The van der Waals surface area contributed by atoms with Crippen LogP contribution in [0, 0.1) is 0 Å². The molecule has 0 amide bonds. The highest BCUT2D eigenvalue weighted by Crippen LogP contribution is 2.32. The summed E-state index contributed by atoms with van der Waals surface area (Å²) < 4.78 is 10.4. The Hall–Kier alpha value is -1.42. The zero-order valence-electron chi connectivity index (χ0n) is 10.9. The van der Waals surface area contributed by atoms with Crippen LogP contribution in [0.5, 0.6) is 0 Å². The average molecular weight is 246 g/mol. The number of fused-ring (bicyclic) bond motifs is 1.